The number of nitrogens with zero attached hydrogens (tertiary/aromatic N) is 2. The van der Waals surface area contributed by atoms with Crippen LogP contribution in [0.15, 0.2) is 29.2 Å². The quantitative estimate of drug-likeness (QED) is 0.814. The van der Waals surface area contributed by atoms with E-state index in [9.17, 15) is 0 Å². The van der Waals surface area contributed by atoms with Crippen LogP contribution in [0.25, 0.3) is 0 Å². The van der Waals surface area contributed by atoms with E-state index >= 15 is 0 Å². The van der Waals surface area contributed by atoms with Gasteiger partial charge >= 0.3 is 0 Å². The normalized spacial score (nSPS) is 10.9. The Balaban J connectivity index is 1.74. The molecule has 0 radical (unpaired) electrons. The molecule has 0 spiro atoms. The summed E-state index contributed by atoms with van der Waals surface area (Å²) in [5.41, 5.74) is 2.15. The highest BCUT2D eigenvalue weighted by molar-refractivity contribution is 6.31. The summed E-state index contributed by atoms with van der Waals surface area (Å²) in [6, 6.07) is 1.95. The third kappa shape index (κ3) is 2.65. The van der Waals surface area contributed by atoms with Gasteiger partial charge in [-0.1, -0.05) is 11.6 Å². The van der Waals surface area contributed by atoms with Gasteiger partial charge in [-0.25, -0.2) is 0 Å². The number of aromatic nitrogens is 2. The highest BCUT2D eigenvalue weighted by Gasteiger charge is 2.02. The molecule has 2 heterocycles. The van der Waals surface area contributed by atoms with Crippen molar-refractivity contribution in [3.05, 3.63) is 41.1 Å². The van der Waals surface area contributed by atoms with Crippen molar-refractivity contribution in [3.8, 4) is 0 Å². The smallest absolute Gasteiger partial charge is 0.0947 e. The Morgan fingerprint density at radius 1 is 1.56 bits per heavy atom. The van der Waals surface area contributed by atoms with Gasteiger partial charge < -0.3 is 9.73 Å². The first-order valence-electron chi connectivity index (χ1n) is 5.17. The zero-order valence-electron chi connectivity index (χ0n) is 9.11. The minimum absolute atomic E-state index is 0.717. The average Bonchev–Trinajstić information content (AvgIpc) is 2.88. The number of nitrogens with one attached hydrogen (secondary N) is 1. The summed E-state index contributed by atoms with van der Waals surface area (Å²) in [5.74, 6) is 0. The Labute approximate surface area is 99.2 Å². The van der Waals surface area contributed by atoms with Crippen molar-refractivity contribution >= 4 is 11.6 Å². The third-order valence-electron chi connectivity index (χ3n) is 2.45. The van der Waals surface area contributed by atoms with Crippen LogP contribution < -0.4 is 5.32 Å². The summed E-state index contributed by atoms with van der Waals surface area (Å²) >= 11 is 5.91. The van der Waals surface area contributed by atoms with Gasteiger partial charge in [0.05, 0.1) is 36.0 Å². The van der Waals surface area contributed by atoms with Gasteiger partial charge in [-0.15, -0.1) is 0 Å². The molecule has 0 fully saturated rings. The molecule has 4 nitrogen and oxygen atoms in total. The molecule has 86 valence electrons. The van der Waals surface area contributed by atoms with Crippen LogP contribution in [0.5, 0.6) is 0 Å². The maximum absolute atomic E-state index is 5.91. The first kappa shape index (κ1) is 11.2. The van der Waals surface area contributed by atoms with Crippen molar-refractivity contribution in [3.63, 3.8) is 0 Å². The molecule has 2 rings (SSSR count). The molecule has 2 aromatic rings. The summed E-state index contributed by atoms with van der Waals surface area (Å²) in [6.07, 6.45) is 5.09. The van der Waals surface area contributed by atoms with E-state index in [-0.39, 0.29) is 0 Å². The third-order valence-corrected chi connectivity index (χ3v) is 2.82. The maximum atomic E-state index is 5.91. The summed E-state index contributed by atoms with van der Waals surface area (Å²) in [6.45, 7) is 4.44. The number of rotatable bonds is 5. The maximum Gasteiger partial charge on any atom is 0.0947 e. The van der Waals surface area contributed by atoms with Crippen LogP contribution in [0.4, 0.5) is 0 Å². The van der Waals surface area contributed by atoms with Crippen LogP contribution in [0, 0.1) is 6.92 Å². The number of halogens is 1. The first-order chi connectivity index (χ1) is 7.77. The highest BCUT2D eigenvalue weighted by Crippen LogP contribution is 2.12. The van der Waals surface area contributed by atoms with Crippen LogP contribution in [0.1, 0.15) is 11.3 Å². The van der Waals surface area contributed by atoms with Crippen molar-refractivity contribution < 1.29 is 4.42 Å². The monoisotopic (exact) mass is 239 g/mol. The molecule has 0 aliphatic carbocycles. The van der Waals surface area contributed by atoms with Gasteiger partial charge in [-0.3, -0.25) is 4.68 Å². The van der Waals surface area contributed by atoms with Crippen molar-refractivity contribution in [1.82, 2.24) is 15.1 Å². The lowest BCUT2D eigenvalue weighted by Gasteiger charge is -2.05. The van der Waals surface area contributed by atoms with Gasteiger partial charge in [-0.2, -0.15) is 5.10 Å². The molecule has 0 saturated heterocycles. The lowest BCUT2D eigenvalue weighted by atomic mass is 10.3. The number of hydrogen-bond acceptors (Lipinski definition) is 3. The molecular formula is C11H14ClN3O. The second-order valence-corrected chi connectivity index (χ2v) is 4.02. The Bertz CT molecular complexity index is 436. The Hall–Kier alpha value is -1.26. The fraction of sp³-hybridized carbons (Fsp3) is 0.364. The summed E-state index contributed by atoms with van der Waals surface area (Å²) in [7, 11) is 0. The van der Waals surface area contributed by atoms with E-state index < -0.39 is 0 Å². The molecule has 0 aliphatic rings. The highest BCUT2D eigenvalue weighted by atomic mass is 35.5. The van der Waals surface area contributed by atoms with Crippen molar-refractivity contribution in [1.29, 1.82) is 0 Å². The lowest BCUT2D eigenvalue weighted by Crippen LogP contribution is -2.20. The molecule has 2 aromatic heterocycles. The van der Waals surface area contributed by atoms with E-state index in [0.29, 0.717) is 0 Å². The van der Waals surface area contributed by atoms with Gasteiger partial charge in [0.1, 0.15) is 0 Å². The second kappa shape index (κ2) is 5.18. The largest absolute Gasteiger partial charge is 0.472 e. The number of furan rings is 1. The SMILES string of the molecule is Cc1c(Cl)cnn1CCNCc1ccoc1. The van der Waals surface area contributed by atoms with Gasteiger partial charge in [0.2, 0.25) is 0 Å². The van der Waals surface area contributed by atoms with E-state index in [0.717, 1.165) is 35.9 Å². The summed E-state index contributed by atoms with van der Waals surface area (Å²) in [5, 5.41) is 8.20. The second-order valence-electron chi connectivity index (χ2n) is 3.61. The molecule has 5 heteroatoms. The Morgan fingerprint density at radius 2 is 2.44 bits per heavy atom. The number of hydrogen-bond donors (Lipinski definition) is 1. The topological polar surface area (TPSA) is 43.0 Å². The molecule has 0 bridgehead atoms. The predicted octanol–water partition coefficient (Wildman–Crippen LogP) is 2.23. The molecule has 0 aromatic carbocycles. The van der Waals surface area contributed by atoms with Crippen molar-refractivity contribution in [2.75, 3.05) is 6.54 Å². The van der Waals surface area contributed by atoms with Crippen LogP contribution in [-0.4, -0.2) is 16.3 Å². The molecule has 0 unspecified atom stereocenters. The molecule has 16 heavy (non-hydrogen) atoms. The van der Waals surface area contributed by atoms with E-state index in [1.807, 2.05) is 17.7 Å². The molecule has 0 amide bonds. The van der Waals surface area contributed by atoms with Crippen LogP contribution >= 0.6 is 11.6 Å². The molecule has 0 saturated carbocycles. The van der Waals surface area contributed by atoms with Gasteiger partial charge in [-0.05, 0) is 13.0 Å². The zero-order valence-corrected chi connectivity index (χ0v) is 9.87. The first-order valence-corrected chi connectivity index (χ1v) is 5.55. The minimum Gasteiger partial charge on any atom is -0.472 e. The molecule has 0 atom stereocenters. The van der Waals surface area contributed by atoms with Gasteiger partial charge in [0.15, 0.2) is 0 Å². The minimum atomic E-state index is 0.717. The molecule has 1 N–H and O–H groups in total. The Morgan fingerprint density at radius 3 is 3.06 bits per heavy atom. The lowest BCUT2D eigenvalue weighted by molar-refractivity contribution is 0.537. The fourth-order valence-electron chi connectivity index (χ4n) is 1.46. The standard InChI is InChI=1S/C11H14ClN3O/c1-9-11(12)7-14-15(9)4-3-13-6-10-2-5-16-8-10/h2,5,7-8,13H,3-4,6H2,1H3. The fourth-order valence-corrected chi connectivity index (χ4v) is 1.60. The zero-order chi connectivity index (χ0) is 11.4. The van der Waals surface area contributed by atoms with Gasteiger partial charge in [0.25, 0.3) is 0 Å². The Kier molecular flexibility index (Phi) is 3.64. The average molecular weight is 240 g/mol. The predicted molar refractivity (Wildman–Crippen MR) is 62.4 cm³/mol. The van der Waals surface area contributed by atoms with E-state index in [4.69, 9.17) is 16.0 Å². The molecular weight excluding hydrogens is 226 g/mol. The summed E-state index contributed by atoms with van der Waals surface area (Å²) < 4.78 is 6.87. The van der Waals surface area contributed by atoms with Gasteiger partial charge in [0, 0.05) is 18.7 Å². The van der Waals surface area contributed by atoms with E-state index in [2.05, 4.69) is 10.4 Å². The van der Waals surface area contributed by atoms with Crippen molar-refractivity contribution in [2.45, 2.75) is 20.0 Å². The molecule has 0 aliphatic heterocycles. The van der Waals surface area contributed by atoms with E-state index in [1.54, 1.807) is 18.7 Å². The van der Waals surface area contributed by atoms with Crippen LogP contribution in [0.2, 0.25) is 5.02 Å². The van der Waals surface area contributed by atoms with E-state index in [1.165, 1.54) is 0 Å². The van der Waals surface area contributed by atoms with Crippen molar-refractivity contribution in [2.24, 2.45) is 0 Å². The van der Waals surface area contributed by atoms with Crippen LogP contribution in [0.3, 0.4) is 0 Å². The van der Waals surface area contributed by atoms with Crippen LogP contribution in [-0.2, 0) is 13.1 Å². The summed E-state index contributed by atoms with van der Waals surface area (Å²) in [4.78, 5) is 0.